The molecule has 1 aromatic heterocycles. The highest BCUT2D eigenvalue weighted by molar-refractivity contribution is 9.10. The number of aromatic nitrogens is 2. The molecule has 0 saturated heterocycles. The number of benzene rings is 1. The lowest BCUT2D eigenvalue weighted by atomic mass is 10.2. The number of nitrogens with one attached hydrogen (secondary N) is 1. The fourth-order valence-electron chi connectivity index (χ4n) is 2.59. The molecule has 1 saturated carbocycles. The van der Waals surface area contributed by atoms with Crippen LogP contribution in [0.5, 0.6) is 5.88 Å². The monoisotopic (exact) mass is 349 g/mol. The van der Waals surface area contributed by atoms with E-state index in [1.54, 1.807) is 0 Å². The van der Waals surface area contributed by atoms with Crippen LogP contribution in [0.25, 0.3) is 10.9 Å². The van der Waals surface area contributed by atoms with Gasteiger partial charge in [0.15, 0.2) is 6.61 Å². The predicted octanol–water partition coefficient (Wildman–Crippen LogP) is 2.83. The number of ether oxygens (including phenoxy) is 1. The molecule has 1 N–H and O–H groups in total. The Hall–Kier alpha value is -1.69. The molecule has 0 unspecified atom stereocenters. The largest absolute Gasteiger partial charge is 0.467 e. The highest BCUT2D eigenvalue weighted by Crippen LogP contribution is 2.24. The molecule has 21 heavy (non-hydrogen) atoms. The van der Waals surface area contributed by atoms with Gasteiger partial charge in [0.2, 0.25) is 5.88 Å². The fraction of sp³-hybridized carbons (Fsp3) is 0.400. The van der Waals surface area contributed by atoms with Crippen molar-refractivity contribution in [3.05, 3.63) is 29.0 Å². The molecule has 1 fully saturated rings. The van der Waals surface area contributed by atoms with Gasteiger partial charge in [-0.25, -0.2) is 9.97 Å². The van der Waals surface area contributed by atoms with Crippen molar-refractivity contribution in [1.82, 2.24) is 15.3 Å². The molecule has 5 nitrogen and oxygen atoms in total. The average Bonchev–Trinajstić information content (AvgIpc) is 2.98. The lowest BCUT2D eigenvalue weighted by Crippen LogP contribution is -2.36. The molecule has 1 aliphatic carbocycles. The van der Waals surface area contributed by atoms with Gasteiger partial charge in [-0.1, -0.05) is 28.8 Å². The molecule has 1 amide bonds. The molecule has 1 aliphatic rings. The maximum atomic E-state index is 11.9. The van der Waals surface area contributed by atoms with Gasteiger partial charge in [-0.15, -0.1) is 0 Å². The summed E-state index contributed by atoms with van der Waals surface area (Å²) in [7, 11) is 0. The van der Waals surface area contributed by atoms with Crippen LogP contribution < -0.4 is 10.1 Å². The molecule has 110 valence electrons. The van der Waals surface area contributed by atoms with Crippen LogP contribution in [0.15, 0.2) is 29.0 Å². The minimum Gasteiger partial charge on any atom is -0.467 e. The molecule has 1 heterocycles. The minimum absolute atomic E-state index is 0.0187. The average molecular weight is 350 g/mol. The number of halogens is 1. The van der Waals surface area contributed by atoms with Crippen LogP contribution in [0.2, 0.25) is 0 Å². The number of carbonyl (C=O) groups is 1. The molecule has 0 radical (unpaired) electrons. The molecule has 2 aromatic rings. The summed E-state index contributed by atoms with van der Waals surface area (Å²) in [4.78, 5) is 20.2. The van der Waals surface area contributed by atoms with E-state index in [0.29, 0.717) is 11.9 Å². The topological polar surface area (TPSA) is 64.1 Å². The fourth-order valence-corrected chi connectivity index (χ4v) is 2.95. The minimum atomic E-state index is -0.0938. The summed E-state index contributed by atoms with van der Waals surface area (Å²) < 4.78 is 6.48. The SMILES string of the molecule is O=C(COc1ncnc2ccc(Br)cc12)NC1CCCC1. The van der Waals surface area contributed by atoms with Crippen molar-refractivity contribution in [1.29, 1.82) is 0 Å². The second kappa shape index (κ2) is 6.39. The van der Waals surface area contributed by atoms with E-state index in [1.807, 2.05) is 18.2 Å². The lowest BCUT2D eigenvalue weighted by Gasteiger charge is -2.12. The zero-order chi connectivity index (χ0) is 14.7. The van der Waals surface area contributed by atoms with Crippen molar-refractivity contribution >= 4 is 32.7 Å². The Labute approximate surface area is 131 Å². The maximum Gasteiger partial charge on any atom is 0.258 e. The number of hydrogen-bond donors (Lipinski definition) is 1. The van der Waals surface area contributed by atoms with E-state index in [-0.39, 0.29) is 12.5 Å². The highest BCUT2D eigenvalue weighted by atomic mass is 79.9. The summed E-state index contributed by atoms with van der Waals surface area (Å²) in [5.74, 6) is 0.339. The van der Waals surface area contributed by atoms with Crippen molar-refractivity contribution in [3.63, 3.8) is 0 Å². The van der Waals surface area contributed by atoms with Crippen LogP contribution in [-0.2, 0) is 4.79 Å². The van der Waals surface area contributed by atoms with Crippen LogP contribution in [0.3, 0.4) is 0 Å². The van der Waals surface area contributed by atoms with Crippen LogP contribution in [-0.4, -0.2) is 28.5 Å². The summed E-state index contributed by atoms with van der Waals surface area (Å²) >= 11 is 3.41. The molecule has 3 rings (SSSR count). The molecule has 0 aliphatic heterocycles. The Morgan fingerprint density at radius 3 is 2.95 bits per heavy atom. The normalized spacial score (nSPS) is 15.3. The van der Waals surface area contributed by atoms with Crippen molar-refractivity contribution < 1.29 is 9.53 Å². The van der Waals surface area contributed by atoms with Crippen LogP contribution in [0.4, 0.5) is 0 Å². The van der Waals surface area contributed by atoms with Crippen LogP contribution in [0, 0.1) is 0 Å². The molecular weight excluding hydrogens is 334 g/mol. The number of carbonyl (C=O) groups excluding carboxylic acids is 1. The standard InChI is InChI=1S/C15H16BrN3O2/c16-10-5-6-13-12(7-10)15(18-9-17-13)21-8-14(20)19-11-3-1-2-4-11/h5-7,9,11H,1-4,8H2,(H,19,20). The van der Waals surface area contributed by atoms with E-state index in [0.717, 1.165) is 28.2 Å². The first-order valence-corrected chi connectivity index (χ1v) is 7.84. The molecule has 1 aromatic carbocycles. The third-order valence-corrected chi connectivity index (χ3v) is 4.11. The summed E-state index contributed by atoms with van der Waals surface area (Å²) in [6, 6.07) is 5.98. The Kier molecular flexibility index (Phi) is 4.34. The van der Waals surface area contributed by atoms with Gasteiger partial charge in [0.05, 0.1) is 10.9 Å². The number of fused-ring (bicyclic) bond motifs is 1. The molecule has 0 atom stereocenters. The van der Waals surface area contributed by atoms with E-state index in [1.165, 1.54) is 19.2 Å². The van der Waals surface area contributed by atoms with Crippen LogP contribution in [0.1, 0.15) is 25.7 Å². The summed E-state index contributed by atoms with van der Waals surface area (Å²) in [6.07, 6.45) is 5.96. The summed E-state index contributed by atoms with van der Waals surface area (Å²) in [5.41, 5.74) is 0.791. The Balaban J connectivity index is 1.67. The van der Waals surface area contributed by atoms with Gasteiger partial charge in [-0.05, 0) is 31.0 Å². The summed E-state index contributed by atoms with van der Waals surface area (Å²) in [5, 5.41) is 3.78. The van der Waals surface area contributed by atoms with Crippen LogP contribution >= 0.6 is 15.9 Å². The Morgan fingerprint density at radius 1 is 1.33 bits per heavy atom. The van der Waals surface area contributed by atoms with E-state index >= 15 is 0 Å². The van der Waals surface area contributed by atoms with E-state index in [9.17, 15) is 4.79 Å². The molecule has 0 spiro atoms. The quantitative estimate of drug-likeness (QED) is 0.921. The van der Waals surface area contributed by atoms with E-state index in [4.69, 9.17) is 4.74 Å². The van der Waals surface area contributed by atoms with Crippen molar-refractivity contribution in [2.75, 3.05) is 6.61 Å². The van der Waals surface area contributed by atoms with Gasteiger partial charge in [0, 0.05) is 10.5 Å². The number of amides is 1. The Bertz CT molecular complexity index is 656. The molecule has 6 heteroatoms. The number of rotatable bonds is 4. The van der Waals surface area contributed by atoms with E-state index < -0.39 is 0 Å². The smallest absolute Gasteiger partial charge is 0.258 e. The van der Waals surface area contributed by atoms with Gasteiger partial charge in [0.1, 0.15) is 6.33 Å². The second-order valence-corrected chi connectivity index (χ2v) is 6.09. The molecular formula is C15H16BrN3O2. The van der Waals surface area contributed by atoms with Gasteiger partial charge < -0.3 is 10.1 Å². The third kappa shape index (κ3) is 3.50. The van der Waals surface area contributed by atoms with Crippen molar-refractivity contribution in [3.8, 4) is 5.88 Å². The predicted molar refractivity (Wildman–Crippen MR) is 83.1 cm³/mol. The number of nitrogens with zero attached hydrogens (tertiary/aromatic N) is 2. The van der Waals surface area contributed by atoms with E-state index in [2.05, 4.69) is 31.2 Å². The third-order valence-electron chi connectivity index (χ3n) is 3.62. The van der Waals surface area contributed by atoms with Gasteiger partial charge >= 0.3 is 0 Å². The Morgan fingerprint density at radius 2 is 2.14 bits per heavy atom. The van der Waals surface area contributed by atoms with Crippen molar-refractivity contribution in [2.45, 2.75) is 31.7 Å². The lowest BCUT2D eigenvalue weighted by molar-refractivity contribution is -0.123. The summed E-state index contributed by atoms with van der Waals surface area (Å²) in [6.45, 7) is -0.0187. The van der Waals surface area contributed by atoms with Gasteiger partial charge in [-0.2, -0.15) is 0 Å². The first kappa shape index (κ1) is 14.3. The molecule has 0 bridgehead atoms. The highest BCUT2D eigenvalue weighted by Gasteiger charge is 2.17. The van der Waals surface area contributed by atoms with Gasteiger partial charge in [-0.3, -0.25) is 4.79 Å². The maximum absolute atomic E-state index is 11.9. The zero-order valence-corrected chi connectivity index (χ0v) is 13.1. The van der Waals surface area contributed by atoms with Gasteiger partial charge in [0.25, 0.3) is 5.91 Å². The first-order chi connectivity index (χ1) is 10.2. The zero-order valence-electron chi connectivity index (χ0n) is 11.5. The second-order valence-electron chi connectivity index (χ2n) is 5.18. The number of hydrogen-bond acceptors (Lipinski definition) is 4. The first-order valence-electron chi connectivity index (χ1n) is 7.05. The van der Waals surface area contributed by atoms with Crippen molar-refractivity contribution in [2.24, 2.45) is 0 Å².